The molecule has 1 aliphatic carbocycles. The molecule has 1 saturated carbocycles. The topological polar surface area (TPSA) is 64.0 Å². The van der Waals surface area contributed by atoms with Crippen LogP contribution in [0.4, 0.5) is 26.3 Å². The van der Waals surface area contributed by atoms with Gasteiger partial charge in [-0.2, -0.15) is 13.2 Å². The number of nitrogens with one attached hydrogen (secondary N) is 1. The smallest absolute Gasteiger partial charge is 0.347 e. The Morgan fingerprint density at radius 2 is 1.83 bits per heavy atom. The van der Waals surface area contributed by atoms with E-state index in [2.05, 4.69) is 9.71 Å². The van der Waals surface area contributed by atoms with Gasteiger partial charge in [-0.25, -0.2) is 26.3 Å². The Hall–Kier alpha value is -2.60. The zero-order valence-corrected chi connectivity index (χ0v) is 20.5. The molecule has 1 atom stereocenters. The lowest BCUT2D eigenvalue weighted by molar-refractivity contribution is -0.137. The number of hydrogen-bond donors (Lipinski definition) is 1. The first-order chi connectivity index (χ1) is 16.6. The Morgan fingerprint density at radius 1 is 1.17 bits per heavy atom. The van der Waals surface area contributed by atoms with Crippen molar-refractivity contribution in [1.82, 2.24) is 14.3 Å². The fourth-order valence-electron chi connectivity index (χ4n) is 4.16. The maximum absolute atomic E-state index is 15.3. The van der Waals surface area contributed by atoms with Crippen molar-refractivity contribution in [2.75, 3.05) is 0 Å². The standard InChI is InChI=1S/C24H25F6N3O2S/c1-23(2,3)12-33-11-16(21(22(26)27)32-36(34,35)13-6-7-13)14-9-18(25)15(10-19(14)33)20-17(24(28,29)30)5-4-8-31-20/h4-5,8-11,13,21-22,32H,6-7,12H2,1-3H3. The normalized spacial score (nSPS) is 16.2. The highest BCUT2D eigenvalue weighted by Crippen LogP contribution is 2.40. The van der Waals surface area contributed by atoms with Crippen LogP contribution in [0.2, 0.25) is 0 Å². The van der Waals surface area contributed by atoms with Crippen LogP contribution in [0.3, 0.4) is 0 Å². The van der Waals surface area contributed by atoms with Crippen LogP contribution >= 0.6 is 0 Å². The number of hydrogen-bond acceptors (Lipinski definition) is 3. The number of aromatic nitrogens is 2. The fraction of sp³-hybridized carbons (Fsp3) is 0.458. The first-order valence-electron chi connectivity index (χ1n) is 11.2. The minimum Gasteiger partial charge on any atom is -0.347 e. The number of sulfonamides is 1. The van der Waals surface area contributed by atoms with Crippen LogP contribution in [0.15, 0.2) is 36.7 Å². The van der Waals surface area contributed by atoms with Gasteiger partial charge in [-0.05, 0) is 42.5 Å². The van der Waals surface area contributed by atoms with Crippen molar-refractivity contribution in [2.45, 2.75) is 64.1 Å². The zero-order chi connectivity index (χ0) is 26.6. The SMILES string of the molecule is CC(C)(C)Cn1cc(C(NS(=O)(=O)C2CC2)C(F)F)c2cc(F)c(-c3ncccc3C(F)(F)F)cc21. The van der Waals surface area contributed by atoms with E-state index in [0.717, 1.165) is 30.5 Å². The number of benzene rings is 1. The molecule has 5 nitrogen and oxygen atoms in total. The number of pyridine rings is 1. The van der Waals surface area contributed by atoms with Crippen molar-refractivity contribution in [3.63, 3.8) is 0 Å². The number of fused-ring (bicyclic) bond motifs is 1. The Labute approximate surface area is 204 Å². The minimum absolute atomic E-state index is 0.0196. The maximum Gasteiger partial charge on any atom is 0.418 e. The van der Waals surface area contributed by atoms with Crippen LogP contribution < -0.4 is 4.72 Å². The van der Waals surface area contributed by atoms with E-state index < -0.39 is 62.0 Å². The molecule has 0 saturated heterocycles. The Kier molecular flexibility index (Phi) is 6.66. The summed E-state index contributed by atoms with van der Waals surface area (Å²) in [7, 11) is -4.03. The highest BCUT2D eigenvalue weighted by atomic mass is 32.2. The third-order valence-electron chi connectivity index (χ3n) is 5.86. The quantitative estimate of drug-likeness (QED) is 0.363. The molecule has 4 rings (SSSR count). The zero-order valence-electron chi connectivity index (χ0n) is 19.7. The highest BCUT2D eigenvalue weighted by molar-refractivity contribution is 7.90. The number of alkyl halides is 5. The van der Waals surface area contributed by atoms with Gasteiger partial charge in [-0.15, -0.1) is 0 Å². The molecule has 0 aliphatic heterocycles. The van der Waals surface area contributed by atoms with E-state index in [1.54, 1.807) is 0 Å². The summed E-state index contributed by atoms with van der Waals surface area (Å²) < 4.78 is 113. The molecule has 12 heteroatoms. The third kappa shape index (κ3) is 5.39. The van der Waals surface area contributed by atoms with Crippen molar-refractivity contribution >= 4 is 20.9 Å². The molecule has 2 aromatic heterocycles. The summed E-state index contributed by atoms with van der Waals surface area (Å²) in [4.78, 5) is 3.75. The van der Waals surface area contributed by atoms with Crippen LogP contribution in [0, 0.1) is 11.2 Å². The number of halogens is 6. The van der Waals surface area contributed by atoms with E-state index in [1.807, 2.05) is 20.8 Å². The summed E-state index contributed by atoms with van der Waals surface area (Å²) in [5.74, 6) is -1.10. The fourth-order valence-corrected chi connectivity index (χ4v) is 5.69. The number of rotatable bonds is 7. The molecule has 0 bridgehead atoms. The van der Waals surface area contributed by atoms with E-state index in [9.17, 15) is 30.4 Å². The summed E-state index contributed by atoms with van der Waals surface area (Å²) in [6, 6.07) is 1.93. The molecular formula is C24H25F6N3O2S. The summed E-state index contributed by atoms with van der Waals surface area (Å²) in [5.41, 5.74) is -2.58. The van der Waals surface area contributed by atoms with Crippen LogP contribution in [0.25, 0.3) is 22.2 Å². The van der Waals surface area contributed by atoms with Gasteiger partial charge in [0.25, 0.3) is 6.43 Å². The number of nitrogens with zero attached hydrogens (tertiary/aromatic N) is 2. The molecule has 1 unspecified atom stereocenters. The second-order valence-corrected chi connectivity index (χ2v) is 12.2. The largest absolute Gasteiger partial charge is 0.418 e. The average molecular weight is 534 g/mol. The van der Waals surface area contributed by atoms with Gasteiger partial charge in [0.2, 0.25) is 10.0 Å². The van der Waals surface area contributed by atoms with Crippen molar-refractivity contribution < 1.29 is 34.8 Å². The second-order valence-electron chi connectivity index (χ2n) is 10.2. The van der Waals surface area contributed by atoms with Gasteiger partial charge in [0, 0.05) is 41.0 Å². The summed E-state index contributed by atoms with van der Waals surface area (Å²) in [6.45, 7) is 5.84. The van der Waals surface area contributed by atoms with Crippen molar-refractivity contribution in [3.05, 3.63) is 53.6 Å². The van der Waals surface area contributed by atoms with Gasteiger partial charge in [-0.1, -0.05) is 20.8 Å². The van der Waals surface area contributed by atoms with E-state index in [1.165, 1.54) is 10.8 Å². The van der Waals surface area contributed by atoms with E-state index in [0.29, 0.717) is 12.8 Å². The summed E-state index contributed by atoms with van der Waals surface area (Å²) in [5, 5.41) is -0.774. The molecule has 36 heavy (non-hydrogen) atoms. The Morgan fingerprint density at radius 3 is 2.39 bits per heavy atom. The predicted octanol–water partition coefficient (Wildman–Crippen LogP) is 6.30. The molecule has 1 N–H and O–H groups in total. The van der Waals surface area contributed by atoms with Crippen LogP contribution in [0.5, 0.6) is 0 Å². The molecule has 0 radical (unpaired) electrons. The van der Waals surface area contributed by atoms with Gasteiger partial charge in [0.15, 0.2) is 0 Å². The van der Waals surface area contributed by atoms with Gasteiger partial charge >= 0.3 is 6.18 Å². The van der Waals surface area contributed by atoms with E-state index in [4.69, 9.17) is 0 Å². The first kappa shape index (κ1) is 26.5. The molecule has 2 heterocycles. The van der Waals surface area contributed by atoms with Gasteiger partial charge in [0.05, 0.1) is 16.5 Å². The molecule has 196 valence electrons. The summed E-state index contributed by atoms with van der Waals surface area (Å²) in [6.07, 6.45) is -4.81. The minimum atomic E-state index is -4.80. The second kappa shape index (κ2) is 9.05. The van der Waals surface area contributed by atoms with Crippen LogP contribution in [-0.2, 0) is 22.7 Å². The lowest BCUT2D eigenvalue weighted by Gasteiger charge is -2.20. The van der Waals surface area contributed by atoms with Gasteiger partial charge < -0.3 is 4.57 Å². The molecule has 1 fully saturated rings. The van der Waals surface area contributed by atoms with Crippen molar-refractivity contribution in [3.8, 4) is 11.3 Å². The lowest BCUT2D eigenvalue weighted by atomic mass is 9.96. The molecule has 1 aliphatic rings. The van der Waals surface area contributed by atoms with Gasteiger partial charge in [-0.3, -0.25) is 4.98 Å². The van der Waals surface area contributed by atoms with E-state index >= 15 is 4.39 Å². The first-order valence-corrected chi connectivity index (χ1v) is 12.8. The third-order valence-corrected chi connectivity index (χ3v) is 7.79. The Bertz CT molecular complexity index is 1390. The van der Waals surface area contributed by atoms with Crippen LogP contribution in [-0.4, -0.2) is 29.6 Å². The van der Waals surface area contributed by atoms with E-state index in [-0.39, 0.29) is 23.0 Å². The maximum atomic E-state index is 15.3. The van der Waals surface area contributed by atoms with Crippen LogP contribution in [0.1, 0.15) is 50.8 Å². The molecular weight excluding hydrogens is 508 g/mol. The average Bonchev–Trinajstić information content (AvgIpc) is 3.55. The lowest BCUT2D eigenvalue weighted by Crippen LogP contribution is -2.35. The molecule has 0 amide bonds. The summed E-state index contributed by atoms with van der Waals surface area (Å²) >= 11 is 0. The monoisotopic (exact) mass is 533 g/mol. The molecule has 1 aromatic carbocycles. The van der Waals surface area contributed by atoms with Crippen molar-refractivity contribution in [1.29, 1.82) is 0 Å². The van der Waals surface area contributed by atoms with Crippen molar-refractivity contribution in [2.24, 2.45) is 5.41 Å². The molecule has 3 aromatic rings. The Balaban J connectivity index is 1.94. The highest BCUT2D eigenvalue weighted by Gasteiger charge is 2.40. The molecule has 0 spiro atoms. The van der Waals surface area contributed by atoms with Gasteiger partial charge in [0.1, 0.15) is 11.9 Å². The predicted molar refractivity (Wildman–Crippen MR) is 123 cm³/mol.